The highest BCUT2D eigenvalue weighted by atomic mass is 32.2. The van der Waals surface area contributed by atoms with E-state index in [1.54, 1.807) is 35.9 Å². The zero-order valence-electron chi connectivity index (χ0n) is 22.1. The van der Waals surface area contributed by atoms with Gasteiger partial charge in [0.05, 0.1) is 19.3 Å². The van der Waals surface area contributed by atoms with Crippen LogP contribution in [0.2, 0.25) is 0 Å². The van der Waals surface area contributed by atoms with Gasteiger partial charge in [-0.2, -0.15) is 0 Å². The minimum Gasteiger partial charge on any atom is -0.392 e. The molecule has 1 amide bonds. The van der Waals surface area contributed by atoms with Gasteiger partial charge in [-0.05, 0) is 73.6 Å². The number of carbonyl (C=O) groups excluding carboxylic acids is 1. The van der Waals surface area contributed by atoms with Crippen molar-refractivity contribution in [2.45, 2.75) is 60.3 Å². The van der Waals surface area contributed by atoms with E-state index in [4.69, 9.17) is 15.2 Å². The Labute approximate surface area is 228 Å². The Morgan fingerprint density at radius 1 is 1.29 bits per heavy atom. The molecule has 2 aromatic carbocycles. The molecule has 5 atom stereocenters. The van der Waals surface area contributed by atoms with Crippen LogP contribution in [-0.2, 0) is 19.9 Å². The van der Waals surface area contributed by atoms with E-state index in [0.717, 1.165) is 11.3 Å². The number of benzene rings is 2. The molecule has 9 heteroatoms. The fraction of sp³-hybridized carbons (Fsp3) is 0.552. The number of nitrogens with two attached hydrogens (primary N) is 1. The van der Waals surface area contributed by atoms with Gasteiger partial charge < -0.3 is 30.3 Å². The quantitative estimate of drug-likeness (QED) is 0.225. The second-order valence-corrected chi connectivity index (χ2v) is 11.3. The summed E-state index contributed by atoms with van der Waals surface area (Å²) in [4.78, 5) is 14.6. The first-order chi connectivity index (χ1) is 18.3. The maximum atomic E-state index is 15.8. The van der Waals surface area contributed by atoms with E-state index in [0.29, 0.717) is 55.5 Å². The van der Waals surface area contributed by atoms with E-state index in [9.17, 15) is 15.0 Å². The molecule has 208 valence electrons. The first-order valence-corrected chi connectivity index (χ1v) is 14.4. The number of nitrogens with zero attached hydrogens (tertiary/aromatic N) is 1. The zero-order chi connectivity index (χ0) is 27.3. The number of halogens is 1. The van der Waals surface area contributed by atoms with Gasteiger partial charge in [-0.15, -0.1) is 11.8 Å². The highest BCUT2D eigenvalue weighted by Crippen LogP contribution is 2.53. The fourth-order valence-corrected chi connectivity index (χ4v) is 6.73. The van der Waals surface area contributed by atoms with Crippen LogP contribution in [0.15, 0.2) is 47.4 Å². The fourth-order valence-electron chi connectivity index (χ4n) is 6.27. The summed E-state index contributed by atoms with van der Waals surface area (Å²) in [6.45, 7) is 1.23. The van der Waals surface area contributed by atoms with Gasteiger partial charge in [-0.3, -0.25) is 4.79 Å². The number of rotatable bonds is 11. The highest BCUT2D eigenvalue weighted by molar-refractivity contribution is 7.98. The van der Waals surface area contributed by atoms with Gasteiger partial charge in [0.15, 0.2) is 0 Å². The van der Waals surface area contributed by atoms with Crippen LogP contribution in [0.1, 0.15) is 37.7 Å². The monoisotopic (exact) mass is 546 g/mol. The normalized spacial score (nSPS) is 27.3. The van der Waals surface area contributed by atoms with Crippen molar-refractivity contribution in [1.82, 2.24) is 4.90 Å². The lowest BCUT2D eigenvalue weighted by Crippen LogP contribution is -2.66. The van der Waals surface area contributed by atoms with Crippen LogP contribution in [0.25, 0.3) is 11.1 Å². The number of unbranched alkanes of at least 4 members (excludes halogenated alkanes) is 1. The van der Waals surface area contributed by atoms with E-state index >= 15 is 4.39 Å². The Bertz CT molecular complexity index is 1100. The number of thioether (sulfide) groups is 1. The summed E-state index contributed by atoms with van der Waals surface area (Å²) in [5.74, 6) is -0.797. The molecule has 7 nitrogen and oxygen atoms in total. The molecule has 38 heavy (non-hydrogen) atoms. The highest BCUT2D eigenvalue weighted by Gasteiger charge is 2.61. The molecule has 2 aromatic rings. The molecule has 1 heterocycles. The molecular weight excluding hydrogens is 507 g/mol. The predicted octanol–water partition coefficient (Wildman–Crippen LogP) is 3.54. The number of hydrogen-bond acceptors (Lipinski definition) is 7. The van der Waals surface area contributed by atoms with Crippen LogP contribution in [0.4, 0.5) is 4.39 Å². The van der Waals surface area contributed by atoms with Gasteiger partial charge in [0.2, 0.25) is 6.41 Å². The third kappa shape index (κ3) is 5.50. The first kappa shape index (κ1) is 29.0. The molecule has 0 radical (unpaired) electrons. The molecule has 4 rings (SSSR count). The number of aliphatic hydroxyl groups is 2. The summed E-state index contributed by atoms with van der Waals surface area (Å²) in [5.41, 5.74) is 4.64. The number of morpholine rings is 1. The molecule has 0 aromatic heterocycles. The summed E-state index contributed by atoms with van der Waals surface area (Å²) >= 11 is 1.56. The number of amides is 1. The Morgan fingerprint density at radius 2 is 2.08 bits per heavy atom. The molecule has 1 saturated carbocycles. The topological polar surface area (TPSA) is 105 Å². The van der Waals surface area contributed by atoms with E-state index in [1.165, 1.54) is 6.07 Å². The Morgan fingerprint density at radius 3 is 2.76 bits per heavy atom. The number of carbonyl (C=O) groups is 1. The molecule has 0 spiro atoms. The predicted molar refractivity (Wildman–Crippen MR) is 146 cm³/mol. The van der Waals surface area contributed by atoms with Crippen molar-refractivity contribution < 1.29 is 28.9 Å². The van der Waals surface area contributed by atoms with Crippen molar-refractivity contribution in [3.05, 3.63) is 53.8 Å². The lowest BCUT2D eigenvalue weighted by Gasteiger charge is -2.55. The van der Waals surface area contributed by atoms with Crippen LogP contribution in [-0.4, -0.2) is 78.9 Å². The summed E-state index contributed by atoms with van der Waals surface area (Å²) in [7, 11) is 1.63. The van der Waals surface area contributed by atoms with Gasteiger partial charge in [0.25, 0.3) is 0 Å². The van der Waals surface area contributed by atoms with E-state index in [1.807, 2.05) is 30.5 Å². The number of hydrogen-bond donors (Lipinski definition) is 3. The summed E-state index contributed by atoms with van der Waals surface area (Å²) < 4.78 is 27.6. The second kappa shape index (κ2) is 12.4. The molecule has 1 aliphatic carbocycles. The number of methoxy groups -OCH3 is 1. The average molecular weight is 547 g/mol. The summed E-state index contributed by atoms with van der Waals surface area (Å²) in [6.07, 6.45) is 4.23. The van der Waals surface area contributed by atoms with Crippen LogP contribution in [0.3, 0.4) is 0 Å². The molecular formula is C29H39FN2O5S. The van der Waals surface area contributed by atoms with E-state index in [-0.39, 0.29) is 25.5 Å². The molecule has 0 bridgehead atoms. The van der Waals surface area contributed by atoms with E-state index in [2.05, 4.69) is 0 Å². The van der Waals surface area contributed by atoms with Crippen molar-refractivity contribution in [2.75, 3.05) is 39.7 Å². The Kier molecular flexibility index (Phi) is 9.49. The number of aliphatic hydroxyl groups excluding tert-OH is 1. The summed E-state index contributed by atoms with van der Waals surface area (Å²) in [5, 5.41) is 23.6. The maximum absolute atomic E-state index is 15.8. The van der Waals surface area contributed by atoms with Gasteiger partial charge in [0.1, 0.15) is 17.0 Å². The minimum absolute atomic E-state index is 0.113. The zero-order valence-corrected chi connectivity index (χ0v) is 23.0. The summed E-state index contributed by atoms with van der Waals surface area (Å²) in [6, 6.07) is 11.9. The molecule has 0 unspecified atom stereocenters. The smallest absolute Gasteiger partial charge is 0.209 e. The van der Waals surface area contributed by atoms with E-state index < -0.39 is 29.2 Å². The van der Waals surface area contributed by atoms with Gasteiger partial charge >= 0.3 is 0 Å². The van der Waals surface area contributed by atoms with Crippen LogP contribution in [0.5, 0.6) is 0 Å². The first-order valence-electron chi connectivity index (χ1n) is 13.2. The van der Waals surface area contributed by atoms with Crippen LogP contribution in [0, 0.1) is 11.7 Å². The SMILES string of the molecule is COCCCC[C@@](O)(c1cccc(F)c1-c1cccc(SC)c1)[C@@]1([C@H]2C[C@@H](N)[C@@H](O)C2)CN(C=O)CCO1. The van der Waals surface area contributed by atoms with Crippen molar-refractivity contribution in [1.29, 1.82) is 0 Å². The lowest BCUT2D eigenvalue weighted by molar-refractivity contribution is -0.246. The molecule has 2 fully saturated rings. The van der Waals surface area contributed by atoms with Gasteiger partial charge in [-0.25, -0.2) is 4.39 Å². The molecule has 1 aliphatic heterocycles. The third-order valence-electron chi connectivity index (χ3n) is 8.22. The van der Waals surface area contributed by atoms with Crippen molar-refractivity contribution in [3.63, 3.8) is 0 Å². The third-order valence-corrected chi connectivity index (χ3v) is 8.94. The Hall–Kier alpha value is -2.01. The van der Waals surface area contributed by atoms with Gasteiger partial charge in [-0.1, -0.05) is 24.3 Å². The Balaban J connectivity index is 1.93. The number of ether oxygens (including phenoxy) is 2. The minimum atomic E-state index is -1.69. The average Bonchev–Trinajstić information content (AvgIpc) is 3.28. The van der Waals surface area contributed by atoms with Crippen LogP contribution >= 0.6 is 11.8 Å². The largest absolute Gasteiger partial charge is 0.392 e. The standard InChI is InChI=1S/C29H39FN2O5S/c1-36-13-4-3-11-28(35,23-9-6-10-24(30)27(23)20-7-5-8-22(15-20)38-2)29(18-32(19-33)12-14-37-29)21-16-25(31)26(34)17-21/h5-10,15,19,21,25-26,34-35H,3-4,11-14,16-18,31H2,1-2H3/t21-,25+,26-,28+,29-/m0/s1. The van der Waals surface area contributed by atoms with Crippen molar-refractivity contribution >= 4 is 18.2 Å². The van der Waals surface area contributed by atoms with Crippen molar-refractivity contribution in [2.24, 2.45) is 11.7 Å². The maximum Gasteiger partial charge on any atom is 0.209 e. The second-order valence-electron chi connectivity index (χ2n) is 10.4. The molecule has 2 aliphatic rings. The molecule has 1 saturated heterocycles. The van der Waals surface area contributed by atoms with Gasteiger partial charge in [0, 0.05) is 36.8 Å². The lowest BCUT2D eigenvalue weighted by atomic mass is 9.65. The van der Waals surface area contributed by atoms with Crippen molar-refractivity contribution in [3.8, 4) is 11.1 Å². The van der Waals surface area contributed by atoms with Crippen LogP contribution < -0.4 is 5.73 Å². The molecule has 4 N–H and O–H groups in total.